The lowest BCUT2D eigenvalue weighted by atomic mass is 9.95. The van der Waals surface area contributed by atoms with Gasteiger partial charge in [0.15, 0.2) is 16.7 Å². The molecule has 2 saturated carbocycles. The molecule has 6 N–H and O–H groups in total. The molecule has 1 saturated heterocycles. The van der Waals surface area contributed by atoms with E-state index in [9.17, 15) is 24.2 Å². The van der Waals surface area contributed by atoms with E-state index in [0.717, 1.165) is 12.3 Å². The van der Waals surface area contributed by atoms with Crippen LogP contribution >= 0.6 is 26.8 Å². The Morgan fingerprint density at radius 1 is 1.20 bits per heavy atom. The predicted octanol–water partition coefficient (Wildman–Crippen LogP) is 1.48. The van der Waals surface area contributed by atoms with Crippen LogP contribution in [0, 0.1) is 11.8 Å². The van der Waals surface area contributed by atoms with Gasteiger partial charge in [-0.15, -0.1) is 0 Å². The highest BCUT2D eigenvalue weighted by Crippen LogP contribution is 2.55. The third kappa shape index (κ3) is 5.31. The smallest absolute Gasteiger partial charge is 0.340 e. The van der Waals surface area contributed by atoms with E-state index in [2.05, 4.69) is 15.4 Å². The van der Waals surface area contributed by atoms with Crippen LogP contribution in [-0.2, 0) is 18.4 Å². The monoisotopic (exact) mass is 552 g/mol. The summed E-state index contributed by atoms with van der Waals surface area (Å²) in [4.78, 5) is 31.9. The van der Waals surface area contributed by atoms with Crippen LogP contribution in [-0.4, -0.2) is 76.4 Å². The summed E-state index contributed by atoms with van der Waals surface area (Å²) in [6.07, 6.45) is 0.868. The third-order valence-corrected chi connectivity index (χ3v) is 10.6. The predicted molar refractivity (Wildman–Crippen MR) is 123 cm³/mol. The highest BCUT2D eigenvalue weighted by molar-refractivity contribution is 7.70. The number of ether oxygens (including phenoxy) is 1. The summed E-state index contributed by atoms with van der Waals surface area (Å²) in [5.74, 6) is -0.0341. The second-order valence-electron chi connectivity index (χ2n) is 9.54. The van der Waals surface area contributed by atoms with Crippen LogP contribution in [0.2, 0.25) is 5.15 Å². The van der Waals surface area contributed by atoms with Gasteiger partial charge in [0, 0.05) is 12.1 Å². The second kappa shape index (κ2) is 9.33. The molecule has 16 heteroatoms. The summed E-state index contributed by atoms with van der Waals surface area (Å²) >= 11 is 6.28. The van der Waals surface area contributed by atoms with E-state index < -0.39 is 52.1 Å². The standard InChI is InChI=1S/C19H27ClN4O9P2/c20-15-5-12(22-11-4-9-1-2-10(11)3-9)19-21-6-13(24(19)23-15)18-17(26)16(25)14(33-18)7-32-35(30,31)8-34(27,28)29/h5-6,9-11,14,16-18,22,25-26H,1-4,7-8H2,(H,30,31)(H2,27,28,29)/t9?,10?,11-,14-,16-,17-,18+/m1/s1. The first-order valence-corrected chi connectivity index (χ1v) is 15.2. The fourth-order valence-corrected chi connectivity index (χ4v) is 8.23. The van der Waals surface area contributed by atoms with Crippen molar-refractivity contribution in [3.05, 3.63) is 23.1 Å². The van der Waals surface area contributed by atoms with E-state index in [-0.39, 0.29) is 5.15 Å². The SMILES string of the molecule is O=P(O)(O)CP(=O)(O)OC[C@H]1O[C@@H](c2cnc3c(N[C@@H]4CC5CCC4C5)cc(Cl)nn23)[C@H](O)[C@@H]1O. The van der Waals surface area contributed by atoms with E-state index >= 15 is 0 Å². The summed E-state index contributed by atoms with van der Waals surface area (Å²) in [5, 5.41) is 29.0. The van der Waals surface area contributed by atoms with Crippen LogP contribution in [0.1, 0.15) is 37.5 Å². The molecule has 35 heavy (non-hydrogen) atoms. The van der Waals surface area contributed by atoms with E-state index in [4.69, 9.17) is 30.6 Å². The normalized spacial score (nSPS) is 34.5. The van der Waals surface area contributed by atoms with E-state index in [1.807, 2.05) is 0 Å². The van der Waals surface area contributed by atoms with Gasteiger partial charge >= 0.3 is 15.2 Å². The molecule has 2 aromatic heterocycles. The van der Waals surface area contributed by atoms with Gasteiger partial charge in [0.2, 0.25) is 0 Å². The van der Waals surface area contributed by atoms with Crippen LogP contribution in [0.3, 0.4) is 0 Å². The Labute approximate surface area is 205 Å². The maximum atomic E-state index is 11.9. The van der Waals surface area contributed by atoms with Crippen LogP contribution in [0.15, 0.2) is 12.3 Å². The van der Waals surface area contributed by atoms with Crippen molar-refractivity contribution in [3.63, 3.8) is 0 Å². The Morgan fingerprint density at radius 3 is 2.63 bits per heavy atom. The first kappa shape index (κ1) is 25.5. The van der Waals surface area contributed by atoms with Crippen molar-refractivity contribution in [3.8, 4) is 0 Å². The molecule has 2 bridgehead atoms. The largest absolute Gasteiger partial charge is 0.387 e. The number of nitrogens with one attached hydrogen (secondary N) is 1. The van der Waals surface area contributed by atoms with Crippen molar-refractivity contribution in [2.45, 2.75) is 56.1 Å². The lowest BCUT2D eigenvalue weighted by Gasteiger charge is -2.24. The van der Waals surface area contributed by atoms with Crippen LogP contribution in [0.25, 0.3) is 5.65 Å². The zero-order valence-corrected chi connectivity index (χ0v) is 21.0. The number of halogens is 1. The lowest BCUT2D eigenvalue weighted by molar-refractivity contribution is -0.0204. The van der Waals surface area contributed by atoms with Gasteiger partial charge < -0.3 is 39.5 Å². The van der Waals surface area contributed by atoms with Gasteiger partial charge in [0.1, 0.15) is 24.4 Å². The molecule has 3 fully saturated rings. The van der Waals surface area contributed by atoms with E-state index in [1.165, 1.54) is 30.0 Å². The summed E-state index contributed by atoms with van der Waals surface area (Å²) in [6, 6.07) is 2.01. The van der Waals surface area contributed by atoms with Gasteiger partial charge in [-0.2, -0.15) is 5.10 Å². The zero-order valence-electron chi connectivity index (χ0n) is 18.4. The average Bonchev–Trinajstić information content (AvgIpc) is 3.51. The number of aromatic nitrogens is 3. The molecule has 8 atom stereocenters. The maximum absolute atomic E-state index is 11.9. The number of fused-ring (bicyclic) bond motifs is 3. The van der Waals surface area contributed by atoms with Gasteiger partial charge in [0.25, 0.3) is 0 Å². The Bertz CT molecular complexity index is 1210. The minimum atomic E-state index is -4.81. The number of anilines is 1. The number of rotatable bonds is 8. The molecule has 13 nitrogen and oxygen atoms in total. The molecule has 5 rings (SSSR count). The van der Waals surface area contributed by atoms with Crippen molar-refractivity contribution in [2.75, 3.05) is 17.8 Å². The number of imidazole rings is 1. The van der Waals surface area contributed by atoms with E-state index in [1.54, 1.807) is 6.07 Å². The quantitative estimate of drug-likeness (QED) is 0.258. The molecule has 194 valence electrons. The molecule has 0 aromatic carbocycles. The van der Waals surface area contributed by atoms with Crippen LogP contribution in [0.5, 0.6) is 0 Å². The highest BCUT2D eigenvalue weighted by Gasteiger charge is 2.46. The maximum Gasteiger partial charge on any atom is 0.340 e. The van der Waals surface area contributed by atoms with Crippen molar-refractivity contribution in [1.82, 2.24) is 14.6 Å². The number of aliphatic hydroxyl groups excluding tert-OH is 2. The van der Waals surface area contributed by atoms with Gasteiger partial charge in [-0.25, -0.2) is 9.50 Å². The molecule has 2 aromatic rings. The minimum absolute atomic E-state index is 0.189. The molecule has 0 amide bonds. The Hall–Kier alpha value is -1.11. The van der Waals surface area contributed by atoms with Crippen molar-refractivity contribution in [1.29, 1.82) is 0 Å². The molecule has 0 radical (unpaired) electrons. The minimum Gasteiger partial charge on any atom is -0.387 e. The van der Waals surface area contributed by atoms with Gasteiger partial charge in [-0.3, -0.25) is 9.13 Å². The number of hydrogen-bond donors (Lipinski definition) is 6. The Balaban J connectivity index is 1.34. The summed E-state index contributed by atoms with van der Waals surface area (Å²) in [6.45, 7) is -0.676. The van der Waals surface area contributed by atoms with Crippen molar-refractivity contribution >= 4 is 38.1 Å². The van der Waals surface area contributed by atoms with Gasteiger partial charge in [-0.1, -0.05) is 18.0 Å². The van der Waals surface area contributed by atoms with Gasteiger partial charge in [0.05, 0.1) is 24.2 Å². The highest BCUT2D eigenvalue weighted by atomic mass is 35.5. The molecule has 1 aliphatic heterocycles. The van der Waals surface area contributed by atoms with Crippen LogP contribution in [0.4, 0.5) is 5.69 Å². The molecule has 0 spiro atoms. The topological polar surface area (TPSA) is 196 Å². The van der Waals surface area contributed by atoms with Gasteiger partial charge in [-0.05, 0) is 31.1 Å². The fraction of sp³-hybridized carbons (Fsp3) is 0.684. The Morgan fingerprint density at radius 2 is 1.97 bits per heavy atom. The third-order valence-electron chi connectivity index (χ3n) is 7.00. The Kier molecular flexibility index (Phi) is 6.80. The fourth-order valence-electron chi connectivity index (χ4n) is 5.47. The molecular weight excluding hydrogens is 526 g/mol. The average molecular weight is 553 g/mol. The molecule has 2 aliphatic carbocycles. The second-order valence-corrected chi connectivity index (χ2v) is 13.9. The molecule has 3 aliphatic rings. The summed E-state index contributed by atoms with van der Waals surface area (Å²) in [5.41, 5.74) is 1.47. The summed E-state index contributed by atoms with van der Waals surface area (Å²) < 4.78 is 34.8. The first-order chi connectivity index (χ1) is 16.4. The zero-order chi connectivity index (χ0) is 25.1. The lowest BCUT2D eigenvalue weighted by Crippen LogP contribution is -2.33. The molecule has 3 unspecified atom stereocenters. The number of aliphatic hydroxyl groups is 2. The number of hydrogen-bond acceptors (Lipinski definition) is 9. The molecule has 3 heterocycles. The van der Waals surface area contributed by atoms with E-state index in [0.29, 0.717) is 29.0 Å². The molecular formula is C19H27ClN4O9P2. The first-order valence-electron chi connectivity index (χ1n) is 11.2. The number of nitrogens with zero attached hydrogens (tertiary/aromatic N) is 3. The van der Waals surface area contributed by atoms with Crippen molar-refractivity contribution in [2.24, 2.45) is 11.8 Å². The van der Waals surface area contributed by atoms with Crippen molar-refractivity contribution < 1.29 is 43.3 Å². The van der Waals surface area contributed by atoms with Crippen LogP contribution < -0.4 is 5.32 Å². The summed E-state index contributed by atoms with van der Waals surface area (Å²) in [7, 11) is -9.46.